The maximum atomic E-state index is 13.3. The Kier molecular flexibility index (Phi) is 3.05. The summed E-state index contributed by atoms with van der Waals surface area (Å²) in [4.78, 5) is 0. The average molecular weight is 296 g/mol. The third-order valence-electron chi connectivity index (χ3n) is 3.61. The van der Waals surface area contributed by atoms with Crippen molar-refractivity contribution >= 4 is 22.0 Å². The number of piperidine rings is 1. The molecule has 17 heavy (non-hydrogen) atoms. The summed E-state index contributed by atoms with van der Waals surface area (Å²) in [6.45, 7) is 0. The Balaban J connectivity index is 1.85. The highest BCUT2D eigenvalue weighted by Gasteiger charge is 2.29. The summed E-state index contributed by atoms with van der Waals surface area (Å²) in [6.07, 6.45) is 6.96. The molecule has 1 aromatic rings. The Bertz CT molecular complexity index is 435. The summed E-state index contributed by atoms with van der Waals surface area (Å²) in [5, 5.41) is 3.60. The Morgan fingerprint density at radius 2 is 1.88 bits per heavy atom. The van der Waals surface area contributed by atoms with Crippen LogP contribution in [0.25, 0.3) is 6.08 Å². The van der Waals surface area contributed by atoms with Crippen LogP contribution in [0.1, 0.15) is 31.2 Å². The van der Waals surface area contributed by atoms with Crippen LogP contribution in [0, 0.1) is 5.82 Å². The molecule has 0 amide bonds. The van der Waals surface area contributed by atoms with Crippen LogP contribution in [0.5, 0.6) is 0 Å². The lowest BCUT2D eigenvalue weighted by atomic mass is 9.97. The second-order valence-corrected chi connectivity index (χ2v) is 5.97. The molecule has 1 aromatic carbocycles. The van der Waals surface area contributed by atoms with E-state index in [1.165, 1.54) is 24.5 Å². The van der Waals surface area contributed by atoms with Gasteiger partial charge in [0.2, 0.25) is 0 Å². The van der Waals surface area contributed by atoms with E-state index in [4.69, 9.17) is 0 Å². The lowest BCUT2D eigenvalue weighted by Crippen LogP contribution is -2.34. The first-order valence-corrected chi connectivity index (χ1v) is 6.90. The summed E-state index contributed by atoms with van der Waals surface area (Å²) in [5.74, 6) is -0.178. The molecule has 0 spiro atoms. The predicted octanol–water partition coefficient (Wildman–Crippen LogP) is 3.89. The number of nitrogens with one attached hydrogen (secondary N) is 1. The lowest BCUT2D eigenvalue weighted by Gasteiger charge is -2.23. The van der Waals surface area contributed by atoms with E-state index in [1.54, 1.807) is 6.07 Å². The van der Waals surface area contributed by atoms with Gasteiger partial charge in [0.1, 0.15) is 5.82 Å². The van der Waals surface area contributed by atoms with Crippen LogP contribution in [-0.4, -0.2) is 12.1 Å². The van der Waals surface area contributed by atoms with Gasteiger partial charge in [0, 0.05) is 16.6 Å². The fourth-order valence-corrected chi connectivity index (χ4v) is 3.44. The monoisotopic (exact) mass is 295 g/mol. The van der Waals surface area contributed by atoms with Gasteiger partial charge in [-0.3, -0.25) is 0 Å². The maximum absolute atomic E-state index is 13.3. The van der Waals surface area contributed by atoms with Crippen molar-refractivity contribution in [3.05, 3.63) is 39.6 Å². The molecule has 0 radical (unpaired) electrons. The molecule has 2 atom stereocenters. The van der Waals surface area contributed by atoms with Crippen LogP contribution >= 0.6 is 15.9 Å². The number of hydrogen-bond donors (Lipinski definition) is 1. The molecule has 1 N–H and O–H groups in total. The molecule has 2 bridgehead atoms. The molecule has 0 aliphatic carbocycles. The Hall–Kier alpha value is -0.670. The molecule has 0 aromatic heterocycles. The van der Waals surface area contributed by atoms with Crippen molar-refractivity contribution in [1.29, 1.82) is 0 Å². The van der Waals surface area contributed by atoms with Crippen LogP contribution in [0.3, 0.4) is 0 Å². The topological polar surface area (TPSA) is 12.0 Å². The molecule has 2 unspecified atom stereocenters. The summed E-state index contributed by atoms with van der Waals surface area (Å²) in [7, 11) is 0. The van der Waals surface area contributed by atoms with Crippen molar-refractivity contribution in [3.8, 4) is 0 Å². The van der Waals surface area contributed by atoms with Gasteiger partial charge < -0.3 is 5.32 Å². The molecule has 2 saturated heterocycles. The third kappa shape index (κ3) is 2.61. The van der Waals surface area contributed by atoms with Gasteiger partial charge in [-0.2, -0.15) is 0 Å². The first kappa shape index (κ1) is 11.4. The van der Waals surface area contributed by atoms with Gasteiger partial charge in [-0.05, 0) is 49.4 Å². The zero-order chi connectivity index (χ0) is 11.8. The largest absolute Gasteiger partial charge is 0.311 e. The molecule has 0 saturated carbocycles. The van der Waals surface area contributed by atoms with Gasteiger partial charge in [0.05, 0.1) is 0 Å². The van der Waals surface area contributed by atoms with E-state index in [0.717, 1.165) is 22.9 Å². The minimum absolute atomic E-state index is 0.178. The quantitative estimate of drug-likeness (QED) is 0.829. The average Bonchev–Trinajstić information content (AvgIpc) is 2.56. The highest BCUT2D eigenvalue weighted by molar-refractivity contribution is 9.10. The normalized spacial score (nSPS) is 27.3. The van der Waals surface area contributed by atoms with Gasteiger partial charge in [-0.1, -0.05) is 27.6 Å². The standard InChI is InChI=1S/C14H15BrFN/c15-11-4-9(5-12(16)8-11)3-10-6-13-1-2-14(7-10)17-13/h3-5,8,13-14,17H,1-2,6-7H2. The zero-order valence-corrected chi connectivity index (χ0v) is 11.1. The highest BCUT2D eigenvalue weighted by atomic mass is 79.9. The van der Waals surface area contributed by atoms with Crippen LogP contribution in [0.4, 0.5) is 4.39 Å². The van der Waals surface area contributed by atoms with Crippen molar-refractivity contribution in [2.75, 3.05) is 0 Å². The van der Waals surface area contributed by atoms with Crippen LogP contribution in [0.15, 0.2) is 28.2 Å². The number of halogens is 2. The van der Waals surface area contributed by atoms with E-state index in [2.05, 4.69) is 27.3 Å². The predicted molar refractivity (Wildman–Crippen MR) is 71.3 cm³/mol. The van der Waals surface area contributed by atoms with E-state index < -0.39 is 0 Å². The smallest absolute Gasteiger partial charge is 0.124 e. The van der Waals surface area contributed by atoms with E-state index >= 15 is 0 Å². The van der Waals surface area contributed by atoms with E-state index in [-0.39, 0.29) is 5.82 Å². The van der Waals surface area contributed by atoms with Crippen molar-refractivity contribution in [3.63, 3.8) is 0 Å². The highest BCUT2D eigenvalue weighted by Crippen LogP contribution is 2.31. The lowest BCUT2D eigenvalue weighted by molar-refractivity contribution is 0.476. The van der Waals surface area contributed by atoms with Crippen LogP contribution in [-0.2, 0) is 0 Å². The SMILES string of the molecule is Fc1cc(Br)cc(C=C2CC3CCC(C2)N3)c1. The van der Waals surface area contributed by atoms with Crippen molar-refractivity contribution in [1.82, 2.24) is 5.32 Å². The minimum Gasteiger partial charge on any atom is -0.311 e. The van der Waals surface area contributed by atoms with E-state index in [1.807, 2.05) is 6.07 Å². The molecule has 2 heterocycles. The molecule has 2 aliphatic rings. The number of fused-ring (bicyclic) bond motifs is 2. The molecule has 3 heteroatoms. The molecule has 3 rings (SSSR count). The summed E-state index contributed by atoms with van der Waals surface area (Å²) in [5.41, 5.74) is 2.42. The van der Waals surface area contributed by atoms with Gasteiger partial charge in [0.25, 0.3) is 0 Å². The first-order chi connectivity index (χ1) is 8.19. The molecule has 90 valence electrons. The molecule has 2 aliphatic heterocycles. The van der Waals surface area contributed by atoms with Crippen molar-refractivity contribution < 1.29 is 4.39 Å². The summed E-state index contributed by atoms with van der Waals surface area (Å²) < 4.78 is 14.1. The zero-order valence-electron chi connectivity index (χ0n) is 9.55. The van der Waals surface area contributed by atoms with Crippen LogP contribution < -0.4 is 5.32 Å². The number of benzene rings is 1. The fourth-order valence-electron chi connectivity index (χ4n) is 2.95. The van der Waals surface area contributed by atoms with E-state index in [9.17, 15) is 4.39 Å². The molecule has 2 fully saturated rings. The minimum atomic E-state index is -0.178. The second-order valence-electron chi connectivity index (χ2n) is 5.05. The molecular weight excluding hydrogens is 281 g/mol. The molecule has 1 nitrogen and oxygen atoms in total. The fraction of sp³-hybridized carbons (Fsp3) is 0.429. The van der Waals surface area contributed by atoms with Gasteiger partial charge in [-0.15, -0.1) is 0 Å². The summed E-state index contributed by atoms with van der Waals surface area (Å²) >= 11 is 3.33. The number of hydrogen-bond acceptors (Lipinski definition) is 1. The maximum Gasteiger partial charge on any atom is 0.124 e. The summed E-state index contributed by atoms with van der Waals surface area (Å²) in [6, 6.07) is 6.37. The van der Waals surface area contributed by atoms with Crippen molar-refractivity contribution in [2.24, 2.45) is 0 Å². The van der Waals surface area contributed by atoms with Crippen molar-refractivity contribution in [2.45, 2.75) is 37.8 Å². The van der Waals surface area contributed by atoms with Gasteiger partial charge >= 0.3 is 0 Å². The Morgan fingerprint density at radius 3 is 2.53 bits per heavy atom. The Labute approximate surface area is 109 Å². The van der Waals surface area contributed by atoms with Crippen LogP contribution in [0.2, 0.25) is 0 Å². The Morgan fingerprint density at radius 1 is 1.18 bits per heavy atom. The molecular formula is C14H15BrFN. The van der Waals surface area contributed by atoms with E-state index in [0.29, 0.717) is 12.1 Å². The second kappa shape index (κ2) is 4.54. The van der Waals surface area contributed by atoms with Gasteiger partial charge in [0.15, 0.2) is 0 Å². The number of rotatable bonds is 1. The first-order valence-electron chi connectivity index (χ1n) is 6.10. The third-order valence-corrected chi connectivity index (χ3v) is 4.07. The van der Waals surface area contributed by atoms with Gasteiger partial charge in [-0.25, -0.2) is 4.39 Å².